The van der Waals surface area contributed by atoms with Crippen molar-refractivity contribution in [1.29, 1.82) is 0 Å². The monoisotopic (exact) mass is 637 g/mol. The van der Waals surface area contributed by atoms with Gasteiger partial charge in [-0.15, -0.1) is 0 Å². The van der Waals surface area contributed by atoms with Crippen molar-refractivity contribution in [3.63, 3.8) is 0 Å². The number of benzene rings is 3. The lowest BCUT2D eigenvalue weighted by molar-refractivity contribution is -0.144. The van der Waals surface area contributed by atoms with E-state index in [1.165, 1.54) is 4.90 Å². The summed E-state index contributed by atoms with van der Waals surface area (Å²) in [5.41, 5.74) is 0.714. The summed E-state index contributed by atoms with van der Waals surface area (Å²) in [6.07, 6.45) is -0.248. The average Bonchev–Trinajstić information content (AvgIpc) is 3.58. The highest BCUT2D eigenvalue weighted by atomic mass is 79.9. The number of aliphatic hydroxyl groups is 1. The molecule has 3 aromatic carbocycles. The van der Waals surface area contributed by atoms with Crippen LogP contribution in [0.15, 0.2) is 84.9 Å². The Hall–Kier alpha value is -3.24. The Morgan fingerprint density at radius 3 is 2.37 bits per heavy atom. The third kappa shape index (κ3) is 4.74. The number of ether oxygens (including phenoxy) is 1. The van der Waals surface area contributed by atoms with Crippen molar-refractivity contribution in [2.75, 3.05) is 11.9 Å². The minimum absolute atomic E-state index is 0.251. The van der Waals surface area contributed by atoms with Crippen LogP contribution in [0, 0.1) is 11.8 Å². The molecule has 0 aromatic heterocycles. The molecule has 7 atom stereocenters. The van der Waals surface area contributed by atoms with Crippen molar-refractivity contribution in [2.45, 2.75) is 41.6 Å². The first-order chi connectivity index (χ1) is 19.9. The molecule has 3 aliphatic heterocycles. The van der Waals surface area contributed by atoms with Gasteiger partial charge in [-0.05, 0) is 29.7 Å². The summed E-state index contributed by atoms with van der Waals surface area (Å²) in [7, 11) is 0. The Kier molecular flexibility index (Phi) is 7.63. The van der Waals surface area contributed by atoms with Gasteiger partial charge in [0.05, 0.1) is 41.3 Å². The molecule has 10 heteroatoms. The Labute approximate surface area is 251 Å². The Morgan fingerprint density at radius 2 is 1.68 bits per heavy atom. The zero-order valence-corrected chi connectivity index (χ0v) is 24.3. The fourth-order valence-corrected chi connectivity index (χ4v) is 7.82. The van der Waals surface area contributed by atoms with Crippen LogP contribution in [0.5, 0.6) is 0 Å². The van der Waals surface area contributed by atoms with Gasteiger partial charge in [-0.1, -0.05) is 100 Å². The van der Waals surface area contributed by atoms with E-state index in [0.29, 0.717) is 29.2 Å². The van der Waals surface area contributed by atoms with Crippen LogP contribution in [0.25, 0.3) is 0 Å². The Morgan fingerprint density at radius 1 is 1.02 bits per heavy atom. The SMILES string of the molecule is O=C(Nc1ccccc1Cl)C1N([C@H](CO)c2ccccc2)C(=O)[C@@H]2[C@H](C(=O)NCc3ccccc3)[C@H]3OC12CC3Br. The van der Waals surface area contributed by atoms with Gasteiger partial charge in [0.1, 0.15) is 11.6 Å². The number of carbonyl (C=O) groups excluding carboxylic acids is 3. The second kappa shape index (κ2) is 11.2. The lowest BCUT2D eigenvalue weighted by Crippen LogP contribution is -2.55. The highest BCUT2D eigenvalue weighted by Crippen LogP contribution is 2.61. The summed E-state index contributed by atoms with van der Waals surface area (Å²) >= 11 is 10.0. The first-order valence-electron chi connectivity index (χ1n) is 13.5. The number of carbonyl (C=O) groups is 3. The normalized spacial score (nSPS) is 28.8. The number of para-hydroxylation sites is 1. The summed E-state index contributed by atoms with van der Waals surface area (Å²) in [6, 6.07) is 23.5. The summed E-state index contributed by atoms with van der Waals surface area (Å²) in [5.74, 6) is -2.92. The molecular formula is C31H29BrClN3O5. The molecule has 0 aliphatic carbocycles. The van der Waals surface area contributed by atoms with Crippen LogP contribution in [0.3, 0.4) is 0 Å². The van der Waals surface area contributed by atoms with Crippen LogP contribution in [0.4, 0.5) is 5.69 Å². The van der Waals surface area contributed by atoms with Crippen LogP contribution in [-0.2, 0) is 25.7 Å². The van der Waals surface area contributed by atoms with E-state index in [-0.39, 0.29) is 10.7 Å². The van der Waals surface area contributed by atoms with E-state index in [1.807, 2.05) is 48.5 Å². The number of anilines is 1. The number of amides is 3. The van der Waals surface area contributed by atoms with Gasteiger partial charge in [0, 0.05) is 11.4 Å². The lowest BCUT2D eigenvalue weighted by Gasteiger charge is -2.37. The number of rotatable bonds is 8. The quantitative estimate of drug-likeness (QED) is 0.323. The molecule has 6 rings (SSSR count). The van der Waals surface area contributed by atoms with Crippen molar-refractivity contribution in [2.24, 2.45) is 11.8 Å². The second-order valence-corrected chi connectivity index (χ2v) is 12.3. The third-order valence-corrected chi connectivity index (χ3v) is 9.59. The number of alkyl halides is 1. The van der Waals surface area contributed by atoms with E-state index in [9.17, 15) is 19.5 Å². The van der Waals surface area contributed by atoms with Crippen molar-refractivity contribution in [1.82, 2.24) is 10.2 Å². The highest BCUT2D eigenvalue weighted by Gasteiger charge is 2.77. The predicted molar refractivity (Wildman–Crippen MR) is 157 cm³/mol. The van der Waals surface area contributed by atoms with Gasteiger partial charge in [0.15, 0.2) is 0 Å². The number of fused-ring (bicyclic) bond motifs is 1. The molecule has 3 heterocycles. The standard InChI is InChI=1S/C31H29BrClN3O5/c32-20-15-31-25(24(26(20)41-31)28(38)34-16-18-9-3-1-4-10-18)30(40)36(23(17-37)19-11-5-2-6-12-19)27(31)29(39)35-22-14-8-7-13-21(22)33/h1-14,20,23-27,37H,15-17H2,(H,34,38)(H,35,39)/t20?,23-,24+,25+,26+,27?,31?/m1/s1. The van der Waals surface area contributed by atoms with Crippen LogP contribution in [0.2, 0.25) is 5.02 Å². The van der Waals surface area contributed by atoms with Gasteiger partial charge in [0.25, 0.3) is 0 Å². The topological polar surface area (TPSA) is 108 Å². The Balaban J connectivity index is 1.39. The molecule has 3 saturated heterocycles. The number of likely N-dealkylation sites (tertiary alicyclic amines) is 1. The molecule has 0 saturated carbocycles. The smallest absolute Gasteiger partial charge is 0.250 e. The number of nitrogens with one attached hydrogen (secondary N) is 2. The first-order valence-corrected chi connectivity index (χ1v) is 14.8. The molecule has 8 nitrogen and oxygen atoms in total. The Bertz CT molecular complexity index is 1460. The maximum atomic E-state index is 14.4. The summed E-state index contributed by atoms with van der Waals surface area (Å²) in [4.78, 5) is 43.4. The number of nitrogens with zero attached hydrogens (tertiary/aromatic N) is 1. The zero-order chi connectivity index (χ0) is 28.7. The maximum absolute atomic E-state index is 14.4. The van der Waals surface area contributed by atoms with Crippen LogP contribution >= 0.6 is 27.5 Å². The van der Waals surface area contributed by atoms with E-state index in [0.717, 1.165) is 5.56 Å². The van der Waals surface area contributed by atoms with E-state index in [4.69, 9.17) is 16.3 Å². The van der Waals surface area contributed by atoms with Gasteiger partial charge in [0.2, 0.25) is 17.7 Å². The van der Waals surface area contributed by atoms with E-state index in [1.54, 1.807) is 36.4 Å². The van der Waals surface area contributed by atoms with Crippen LogP contribution in [-0.4, -0.2) is 56.9 Å². The van der Waals surface area contributed by atoms with Gasteiger partial charge < -0.3 is 25.4 Å². The highest BCUT2D eigenvalue weighted by molar-refractivity contribution is 9.09. The molecular weight excluding hydrogens is 610 g/mol. The zero-order valence-electron chi connectivity index (χ0n) is 22.0. The minimum Gasteiger partial charge on any atom is -0.394 e. The van der Waals surface area contributed by atoms with Crippen molar-refractivity contribution >= 4 is 50.9 Å². The van der Waals surface area contributed by atoms with Crippen LogP contribution in [0.1, 0.15) is 23.6 Å². The van der Waals surface area contributed by atoms with E-state index >= 15 is 0 Å². The molecule has 3 amide bonds. The minimum atomic E-state index is -1.28. The van der Waals surface area contributed by atoms with Gasteiger partial charge in [-0.25, -0.2) is 0 Å². The van der Waals surface area contributed by atoms with Crippen LogP contribution < -0.4 is 10.6 Å². The molecule has 3 aliphatic rings. The van der Waals surface area contributed by atoms with E-state index < -0.39 is 54.0 Å². The van der Waals surface area contributed by atoms with Gasteiger partial charge in [-0.2, -0.15) is 0 Å². The maximum Gasteiger partial charge on any atom is 0.250 e. The molecule has 3 fully saturated rings. The predicted octanol–water partition coefficient (Wildman–Crippen LogP) is 4.08. The van der Waals surface area contributed by atoms with E-state index in [2.05, 4.69) is 26.6 Å². The number of halogens is 2. The molecule has 3 unspecified atom stereocenters. The van der Waals surface area contributed by atoms with Crippen molar-refractivity contribution in [3.05, 3.63) is 101 Å². The number of hydrogen-bond acceptors (Lipinski definition) is 5. The summed E-state index contributed by atoms with van der Waals surface area (Å²) < 4.78 is 6.57. The fraction of sp³-hybridized carbons (Fsp3) is 0.323. The largest absolute Gasteiger partial charge is 0.394 e. The van der Waals surface area contributed by atoms with Crippen molar-refractivity contribution in [3.8, 4) is 0 Å². The molecule has 0 radical (unpaired) electrons. The van der Waals surface area contributed by atoms with Gasteiger partial charge in [-0.3, -0.25) is 14.4 Å². The lowest BCUT2D eigenvalue weighted by atomic mass is 9.70. The van der Waals surface area contributed by atoms with Gasteiger partial charge >= 0.3 is 0 Å². The number of hydrogen-bond donors (Lipinski definition) is 3. The molecule has 2 bridgehead atoms. The van der Waals surface area contributed by atoms with Crippen molar-refractivity contribution < 1.29 is 24.2 Å². The fourth-order valence-electron chi connectivity index (χ4n) is 6.70. The average molecular weight is 639 g/mol. The second-order valence-electron chi connectivity index (χ2n) is 10.7. The molecule has 41 heavy (non-hydrogen) atoms. The first kappa shape index (κ1) is 27.9. The third-order valence-electron chi connectivity index (χ3n) is 8.41. The molecule has 3 N–H and O–H groups in total. The molecule has 3 aromatic rings. The molecule has 212 valence electrons. The number of aliphatic hydroxyl groups excluding tert-OH is 1. The molecule has 1 spiro atoms. The summed E-state index contributed by atoms with van der Waals surface area (Å²) in [5, 5.41) is 16.8. The summed E-state index contributed by atoms with van der Waals surface area (Å²) in [6.45, 7) is -0.117.